The molecule has 0 radical (unpaired) electrons. The fourth-order valence-corrected chi connectivity index (χ4v) is 5.31. The van der Waals surface area contributed by atoms with Crippen LogP contribution in [0, 0.1) is 11.7 Å². The average molecular weight is 611 g/mol. The first kappa shape index (κ1) is 32.0. The Morgan fingerprint density at radius 3 is 2.05 bits per heavy atom. The summed E-state index contributed by atoms with van der Waals surface area (Å²) >= 11 is 11.1. The van der Waals surface area contributed by atoms with Crippen LogP contribution in [0.3, 0.4) is 0 Å². The van der Waals surface area contributed by atoms with Crippen LogP contribution in [0.2, 0.25) is 10.0 Å². The van der Waals surface area contributed by atoms with Gasteiger partial charge in [-0.2, -0.15) is 26.3 Å². The molecule has 0 aromatic heterocycles. The van der Waals surface area contributed by atoms with Gasteiger partial charge in [0.05, 0.1) is 21.4 Å². The average Bonchev–Trinajstić information content (AvgIpc) is 2.78. The summed E-state index contributed by atoms with van der Waals surface area (Å²) in [5.41, 5.74) is -4.17. The van der Waals surface area contributed by atoms with Crippen LogP contribution in [-0.4, -0.2) is 31.9 Å². The molecular formula is C24H20Cl2F8O3S. The molecule has 0 N–H and O–H groups in total. The SMILES string of the molecule is CCS(=O)(=O)C[C@@H](C)CC(=O)c1ccc(/C(F)=C/C(c2cc(Cl)c(F)c(Cl)c2)C(F)(F)F)cc1C(F)(F)F. The minimum absolute atomic E-state index is 0.0193. The molecule has 1 unspecified atom stereocenters. The maximum absolute atomic E-state index is 14.9. The van der Waals surface area contributed by atoms with Gasteiger partial charge in [-0.3, -0.25) is 4.79 Å². The molecule has 0 fully saturated rings. The van der Waals surface area contributed by atoms with E-state index in [1.54, 1.807) is 0 Å². The summed E-state index contributed by atoms with van der Waals surface area (Å²) in [5, 5.41) is -1.56. The molecule has 14 heteroatoms. The summed E-state index contributed by atoms with van der Waals surface area (Å²) in [7, 11) is -3.52. The molecule has 0 aliphatic carbocycles. The van der Waals surface area contributed by atoms with Crippen LogP contribution < -0.4 is 0 Å². The van der Waals surface area contributed by atoms with E-state index in [-0.39, 0.29) is 17.9 Å². The second-order valence-electron chi connectivity index (χ2n) is 8.52. The standard InChI is InChI=1S/C24H20Cl2F8O3S/c1-3-38(36,37)11-12(2)6-21(35)15-5-4-13(7-17(15)24(32,33)34)20(27)10-16(23(29,30)31)14-8-18(25)22(28)19(26)9-14/h4-5,7-10,12,16H,3,6,11H2,1-2H3/b20-10-/t12-,16?/m0/s1. The third-order valence-electron chi connectivity index (χ3n) is 5.44. The van der Waals surface area contributed by atoms with Gasteiger partial charge in [0, 0.05) is 23.3 Å². The number of sulfone groups is 1. The first-order chi connectivity index (χ1) is 17.3. The Labute approximate surface area is 223 Å². The largest absolute Gasteiger partial charge is 0.417 e. The van der Waals surface area contributed by atoms with Crippen molar-refractivity contribution in [3.8, 4) is 0 Å². The van der Waals surface area contributed by atoms with E-state index in [9.17, 15) is 48.3 Å². The quantitative estimate of drug-likeness (QED) is 0.163. The van der Waals surface area contributed by atoms with Gasteiger partial charge in [-0.15, -0.1) is 0 Å². The lowest BCUT2D eigenvalue weighted by Gasteiger charge is -2.19. The van der Waals surface area contributed by atoms with Crippen LogP contribution >= 0.6 is 23.2 Å². The first-order valence-electron chi connectivity index (χ1n) is 10.8. The van der Waals surface area contributed by atoms with Gasteiger partial charge in [-0.25, -0.2) is 17.2 Å². The Morgan fingerprint density at radius 2 is 1.58 bits per heavy atom. The van der Waals surface area contributed by atoms with Gasteiger partial charge in [-0.1, -0.05) is 49.2 Å². The molecule has 3 nitrogen and oxygen atoms in total. The maximum atomic E-state index is 14.9. The van der Waals surface area contributed by atoms with Crippen molar-refractivity contribution in [2.24, 2.45) is 5.92 Å². The Hall–Kier alpha value is -2.18. The van der Waals surface area contributed by atoms with E-state index < -0.39 is 95.9 Å². The molecular weight excluding hydrogens is 591 g/mol. The third-order valence-corrected chi connectivity index (χ3v) is 7.95. The minimum atomic E-state index is -5.19. The number of allylic oxidation sites excluding steroid dienone is 1. The van der Waals surface area contributed by atoms with E-state index in [1.165, 1.54) is 13.8 Å². The lowest BCUT2D eigenvalue weighted by Crippen LogP contribution is -2.20. The van der Waals surface area contributed by atoms with Crippen LogP contribution in [0.1, 0.15) is 53.2 Å². The van der Waals surface area contributed by atoms with Crippen LogP contribution in [0.5, 0.6) is 0 Å². The zero-order chi connectivity index (χ0) is 29.2. The Balaban J connectivity index is 2.52. The number of hydrogen-bond donors (Lipinski definition) is 0. The van der Waals surface area contributed by atoms with E-state index in [0.29, 0.717) is 24.3 Å². The summed E-state index contributed by atoms with van der Waals surface area (Å²) in [6, 6.07) is 2.62. The van der Waals surface area contributed by atoms with Crippen LogP contribution in [0.4, 0.5) is 35.1 Å². The van der Waals surface area contributed by atoms with Crippen molar-refractivity contribution >= 4 is 44.6 Å². The van der Waals surface area contributed by atoms with Crippen molar-refractivity contribution in [2.75, 3.05) is 11.5 Å². The molecule has 2 aromatic carbocycles. The van der Waals surface area contributed by atoms with Gasteiger partial charge >= 0.3 is 12.4 Å². The zero-order valence-electron chi connectivity index (χ0n) is 19.7. The summed E-state index contributed by atoms with van der Waals surface area (Å²) < 4.78 is 134. The van der Waals surface area contributed by atoms with E-state index in [0.717, 1.165) is 0 Å². The van der Waals surface area contributed by atoms with Crippen LogP contribution in [0.25, 0.3) is 5.83 Å². The van der Waals surface area contributed by atoms with Crippen molar-refractivity contribution in [3.63, 3.8) is 0 Å². The zero-order valence-corrected chi connectivity index (χ0v) is 22.0. The van der Waals surface area contributed by atoms with Gasteiger partial charge < -0.3 is 0 Å². The number of carbonyl (C=O) groups is 1. The molecule has 0 saturated carbocycles. The topological polar surface area (TPSA) is 51.2 Å². The molecule has 210 valence electrons. The highest BCUT2D eigenvalue weighted by molar-refractivity contribution is 7.91. The molecule has 0 amide bonds. The lowest BCUT2D eigenvalue weighted by atomic mass is 9.93. The number of halogens is 10. The monoisotopic (exact) mass is 610 g/mol. The van der Waals surface area contributed by atoms with Gasteiger partial charge in [0.25, 0.3) is 0 Å². The number of Topliss-reactive ketones (excluding diaryl/α,β-unsaturated/α-hetero) is 1. The summed E-state index contributed by atoms with van der Waals surface area (Å²) in [6.45, 7) is 2.73. The minimum Gasteiger partial charge on any atom is -0.294 e. The molecule has 0 bridgehead atoms. The number of alkyl halides is 6. The number of ketones is 1. The predicted molar refractivity (Wildman–Crippen MR) is 128 cm³/mol. The van der Waals surface area contributed by atoms with E-state index in [1.807, 2.05) is 0 Å². The van der Waals surface area contributed by atoms with Gasteiger partial charge in [0.15, 0.2) is 11.6 Å². The normalized spacial score (nSPS) is 14.9. The lowest BCUT2D eigenvalue weighted by molar-refractivity contribution is -0.140. The number of carbonyl (C=O) groups excluding carboxylic acids is 1. The predicted octanol–water partition coefficient (Wildman–Crippen LogP) is 8.45. The maximum Gasteiger partial charge on any atom is 0.417 e. The Bertz CT molecular complexity index is 1310. The summed E-state index contributed by atoms with van der Waals surface area (Å²) in [5.74, 6) is -8.25. The molecule has 2 atom stereocenters. The number of hydrogen-bond acceptors (Lipinski definition) is 3. The second kappa shape index (κ2) is 11.9. The molecule has 0 saturated heterocycles. The van der Waals surface area contributed by atoms with Gasteiger partial charge in [0.2, 0.25) is 0 Å². The Kier molecular flexibility index (Phi) is 10.0. The van der Waals surface area contributed by atoms with Crippen molar-refractivity contribution in [3.05, 3.63) is 74.5 Å². The van der Waals surface area contributed by atoms with Crippen molar-refractivity contribution in [1.29, 1.82) is 0 Å². The fourth-order valence-electron chi connectivity index (χ4n) is 3.58. The van der Waals surface area contributed by atoms with Crippen molar-refractivity contribution in [2.45, 2.75) is 38.5 Å². The highest BCUT2D eigenvalue weighted by atomic mass is 35.5. The van der Waals surface area contributed by atoms with Crippen LogP contribution in [0.15, 0.2) is 36.4 Å². The molecule has 38 heavy (non-hydrogen) atoms. The second-order valence-corrected chi connectivity index (χ2v) is 11.7. The summed E-state index contributed by atoms with van der Waals surface area (Å²) in [6.07, 6.45) is -10.9. The molecule has 2 aromatic rings. The molecule has 0 aliphatic heterocycles. The van der Waals surface area contributed by atoms with Crippen molar-refractivity contribution < 1.29 is 48.3 Å². The highest BCUT2D eigenvalue weighted by Gasteiger charge is 2.41. The fraction of sp³-hybridized carbons (Fsp3) is 0.375. The Morgan fingerprint density at radius 1 is 1.03 bits per heavy atom. The third kappa shape index (κ3) is 8.16. The smallest absolute Gasteiger partial charge is 0.294 e. The van der Waals surface area contributed by atoms with Crippen LogP contribution in [-0.2, 0) is 16.0 Å². The van der Waals surface area contributed by atoms with Gasteiger partial charge in [-0.05, 0) is 35.8 Å². The number of rotatable bonds is 9. The molecule has 2 rings (SSSR count). The molecule has 0 aliphatic rings. The molecule has 0 spiro atoms. The van der Waals surface area contributed by atoms with E-state index >= 15 is 0 Å². The highest BCUT2D eigenvalue weighted by Crippen LogP contribution is 2.41. The summed E-state index contributed by atoms with van der Waals surface area (Å²) in [4.78, 5) is 12.6. The molecule has 0 heterocycles. The van der Waals surface area contributed by atoms with E-state index in [2.05, 4.69) is 0 Å². The number of benzene rings is 2. The van der Waals surface area contributed by atoms with Crippen molar-refractivity contribution in [1.82, 2.24) is 0 Å². The van der Waals surface area contributed by atoms with E-state index in [4.69, 9.17) is 23.2 Å². The van der Waals surface area contributed by atoms with Gasteiger partial charge in [0.1, 0.15) is 21.6 Å². The first-order valence-corrected chi connectivity index (χ1v) is 13.4.